The predicted molar refractivity (Wildman–Crippen MR) is 94.2 cm³/mol. The van der Waals surface area contributed by atoms with Crippen molar-refractivity contribution in [1.82, 2.24) is 0 Å². The Kier molecular flexibility index (Phi) is 7.76. The van der Waals surface area contributed by atoms with Crippen molar-refractivity contribution >= 4 is 11.8 Å². The Balaban J connectivity index is 0.000000218. The Bertz CT molecular complexity index is 386. The second-order valence-electron chi connectivity index (χ2n) is 7.68. The highest BCUT2D eigenvalue weighted by molar-refractivity contribution is 5.83. The fourth-order valence-corrected chi connectivity index (χ4v) is 4.01. The van der Waals surface area contributed by atoms with Gasteiger partial charge in [-0.3, -0.25) is 9.59 Å². The molecule has 4 rings (SSSR count). The minimum Gasteiger partial charge on any atom is -0.462 e. The van der Waals surface area contributed by atoms with E-state index in [0.717, 1.165) is 43.9 Å². The number of carbonyl (C=O) groups is 2. The first-order valence-electron chi connectivity index (χ1n) is 9.59. The highest BCUT2D eigenvalue weighted by Crippen LogP contribution is 2.46. The third-order valence-corrected chi connectivity index (χ3v) is 5.67. The molecule has 23 heavy (non-hydrogen) atoms. The van der Waals surface area contributed by atoms with Crippen LogP contribution in [0.1, 0.15) is 86.5 Å². The molecular formula is C20H36O3. The van der Waals surface area contributed by atoms with E-state index in [2.05, 4.69) is 0 Å². The Morgan fingerprint density at radius 3 is 1.96 bits per heavy atom. The van der Waals surface area contributed by atoms with Crippen LogP contribution >= 0.6 is 0 Å². The monoisotopic (exact) mass is 324 g/mol. The lowest BCUT2D eigenvalue weighted by Crippen LogP contribution is -2.29. The summed E-state index contributed by atoms with van der Waals surface area (Å²) in [6.07, 6.45) is 7.80. The number of esters is 1. The van der Waals surface area contributed by atoms with Crippen molar-refractivity contribution in [3.05, 3.63) is 0 Å². The van der Waals surface area contributed by atoms with Gasteiger partial charge < -0.3 is 4.74 Å². The van der Waals surface area contributed by atoms with Crippen LogP contribution < -0.4 is 0 Å². The molecule has 0 spiro atoms. The van der Waals surface area contributed by atoms with Gasteiger partial charge in [-0.25, -0.2) is 0 Å². The van der Waals surface area contributed by atoms with E-state index in [1.807, 2.05) is 41.5 Å². The normalized spacial score (nSPS) is 31.1. The quantitative estimate of drug-likeness (QED) is 0.673. The molecule has 0 radical (unpaired) electrons. The summed E-state index contributed by atoms with van der Waals surface area (Å²) in [5.74, 6) is 2.34. The molecule has 3 nitrogen and oxygen atoms in total. The zero-order valence-electron chi connectivity index (χ0n) is 16.0. The SMILES string of the molecule is CC.CCC(=O)C(C)(C)CC.O=C1OC2CC3CC(C2)CC1C3. The summed E-state index contributed by atoms with van der Waals surface area (Å²) in [4.78, 5) is 22.5. The third kappa shape index (κ3) is 5.32. The van der Waals surface area contributed by atoms with E-state index in [0.29, 0.717) is 12.2 Å². The van der Waals surface area contributed by atoms with Crippen molar-refractivity contribution in [3.8, 4) is 0 Å². The first kappa shape index (κ1) is 20.2. The van der Waals surface area contributed by atoms with Crippen LogP contribution in [0.25, 0.3) is 0 Å². The molecule has 0 amide bonds. The van der Waals surface area contributed by atoms with Gasteiger partial charge in [0.05, 0.1) is 5.92 Å². The average molecular weight is 325 g/mol. The molecule has 0 aromatic heterocycles. The van der Waals surface area contributed by atoms with Gasteiger partial charge in [0.2, 0.25) is 0 Å². The van der Waals surface area contributed by atoms with E-state index >= 15 is 0 Å². The molecule has 2 unspecified atom stereocenters. The standard InChI is InChI=1S/C10H14O2.C8H16O.C2H6/c11-10-8-2-6-1-7(3-8)5-9(4-6)12-10;1-5-7(9)8(3,4)6-2;1-2/h6-9H,1-5H2;5-6H2,1-4H3;1-2H3. The van der Waals surface area contributed by atoms with E-state index in [1.165, 1.54) is 6.42 Å². The topological polar surface area (TPSA) is 43.4 Å². The lowest BCUT2D eigenvalue weighted by atomic mass is 9.68. The van der Waals surface area contributed by atoms with Gasteiger partial charge in [0.25, 0.3) is 0 Å². The van der Waals surface area contributed by atoms with Crippen molar-refractivity contribution in [2.75, 3.05) is 0 Å². The molecule has 2 saturated carbocycles. The van der Waals surface area contributed by atoms with Crippen LogP contribution in [0.5, 0.6) is 0 Å². The summed E-state index contributed by atoms with van der Waals surface area (Å²) < 4.78 is 5.40. The van der Waals surface area contributed by atoms with Gasteiger partial charge in [-0.05, 0) is 50.4 Å². The smallest absolute Gasteiger partial charge is 0.309 e. The largest absolute Gasteiger partial charge is 0.462 e. The lowest BCUT2D eigenvalue weighted by Gasteiger charge is -2.35. The number of rotatable bonds is 3. The van der Waals surface area contributed by atoms with Gasteiger partial charge >= 0.3 is 5.97 Å². The van der Waals surface area contributed by atoms with Gasteiger partial charge in [-0.2, -0.15) is 0 Å². The third-order valence-electron chi connectivity index (χ3n) is 5.67. The molecule has 4 fully saturated rings. The molecule has 134 valence electrons. The van der Waals surface area contributed by atoms with Crippen molar-refractivity contribution in [2.45, 2.75) is 92.6 Å². The fraction of sp³-hybridized carbons (Fsp3) is 0.900. The van der Waals surface area contributed by atoms with E-state index < -0.39 is 0 Å². The van der Waals surface area contributed by atoms with Gasteiger partial charge in [0.1, 0.15) is 11.9 Å². The maximum atomic E-state index is 11.4. The fourth-order valence-electron chi connectivity index (χ4n) is 4.01. The molecule has 4 bridgehead atoms. The Labute approximate surface area is 142 Å². The number of ether oxygens (including phenoxy) is 1. The summed E-state index contributed by atoms with van der Waals surface area (Å²) in [6, 6.07) is 0. The van der Waals surface area contributed by atoms with Crippen LogP contribution in [0.15, 0.2) is 0 Å². The molecule has 0 aromatic rings. The van der Waals surface area contributed by atoms with E-state index in [1.54, 1.807) is 0 Å². The highest BCUT2D eigenvalue weighted by atomic mass is 16.5. The molecule has 2 atom stereocenters. The van der Waals surface area contributed by atoms with Gasteiger partial charge in [0, 0.05) is 11.8 Å². The van der Waals surface area contributed by atoms with Crippen LogP contribution in [-0.2, 0) is 14.3 Å². The molecule has 2 aliphatic heterocycles. The number of hydrogen-bond acceptors (Lipinski definition) is 3. The van der Waals surface area contributed by atoms with Crippen LogP contribution in [0.3, 0.4) is 0 Å². The Hall–Kier alpha value is -0.860. The van der Waals surface area contributed by atoms with Crippen LogP contribution in [-0.4, -0.2) is 17.9 Å². The van der Waals surface area contributed by atoms with E-state index in [9.17, 15) is 9.59 Å². The molecular weight excluding hydrogens is 288 g/mol. The van der Waals surface area contributed by atoms with E-state index in [-0.39, 0.29) is 23.4 Å². The first-order valence-corrected chi connectivity index (χ1v) is 9.59. The van der Waals surface area contributed by atoms with Crippen molar-refractivity contribution in [2.24, 2.45) is 23.2 Å². The van der Waals surface area contributed by atoms with Crippen LogP contribution in [0, 0.1) is 23.2 Å². The predicted octanol–water partition coefficient (Wildman–Crippen LogP) is 5.17. The number of Topliss-reactive ketones (excluding diaryl/α,β-unsaturated/α-hetero) is 1. The molecule has 4 aliphatic rings. The maximum absolute atomic E-state index is 11.4. The van der Waals surface area contributed by atoms with Crippen molar-refractivity contribution < 1.29 is 14.3 Å². The number of carbonyl (C=O) groups excluding carboxylic acids is 2. The van der Waals surface area contributed by atoms with Gasteiger partial charge in [-0.1, -0.05) is 41.5 Å². The highest BCUT2D eigenvalue weighted by Gasteiger charge is 2.44. The minimum atomic E-state index is -0.0885. The zero-order valence-corrected chi connectivity index (χ0v) is 16.0. The summed E-state index contributed by atoms with van der Waals surface area (Å²) >= 11 is 0. The number of fused-ring (bicyclic) bond motifs is 1. The average Bonchev–Trinajstić information content (AvgIpc) is 2.72. The summed E-state index contributed by atoms with van der Waals surface area (Å²) in [5.41, 5.74) is -0.0885. The van der Waals surface area contributed by atoms with E-state index in [4.69, 9.17) is 4.74 Å². The van der Waals surface area contributed by atoms with Crippen LogP contribution in [0.2, 0.25) is 0 Å². The Morgan fingerprint density at radius 2 is 1.57 bits per heavy atom. The molecule has 0 N–H and O–H groups in total. The van der Waals surface area contributed by atoms with Crippen molar-refractivity contribution in [1.29, 1.82) is 0 Å². The van der Waals surface area contributed by atoms with Crippen LogP contribution in [0.4, 0.5) is 0 Å². The second-order valence-corrected chi connectivity index (χ2v) is 7.68. The number of ketones is 1. The Morgan fingerprint density at radius 1 is 1.04 bits per heavy atom. The number of hydrogen-bond donors (Lipinski definition) is 0. The minimum absolute atomic E-state index is 0.0885. The van der Waals surface area contributed by atoms with Crippen molar-refractivity contribution in [3.63, 3.8) is 0 Å². The zero-order chi connectivity index (χ0) is 17.6. The second kappa shape index (κ2) is 8.84. The molecule has 2 aliphatic carbocycles. The summed E-state index contributed by atoms with van der Waals surface area (Å²) in [5, 5.41) is 0. The molecule has 2 heterocycles. The molecule has 0 aromatic carbocycles. The molecule has 2 saturated heterocycles. The van der Waals surface area contributed by atoms with Gasteiger partial charge in [-0.15, -0.1) is 0 Å². The summed E-state index contributed by atoms with van der Waals surface area (Å²) in [6.45, 7) is 12.0. The summed E-state index contributed by atoms with van der Waals surface area (Å²) in [7, 11) is 0. The first-order chi connectivity index (χ1) is 10.9. The van der Waals surface area contributed by atoms with Gasteiger partial charge in [0.15, 0.2) is 0 Å². The lowest BCUT2D eigenvalue weighted by molar-refractivity contribution is -0.151. The molecule has 3 heteroatoms. The maximum Gasteiger partial charge on any atom is 0.309 e.